The molecule has 0 fully saturated rings. The van der Waals surface area contributed by atoms with Gasteiger partial charge in [0.2, 0.25) is 0 Å². The standard InChI is InChI=1S/C11H15I/c1-8-5-6-9(12)7-10(8)11(2,3)4/h5-7H,1-4H3. The van der Waals surface area contributed by atoms with E-state index < -0.39 is 0 Å². The first-order valence-electron chi connectivity index (χ1n) is 4.18. The summed E-state index contributed by atoms with van der Waals surface area (Å²) in [6.07, 6.45) is 0. The van der Waals surface area contributed by atoms with Gasteiger partial charge in [-0.05, 0) is 58.2 Å². The van der Waals surface area contributed by atoms with Crippen LogP contribution in [-0.2, 0) is 5.41 Å². The lowest BCUT2D eigenvalue weighted by molar-refractivity contribution is 0.585. The van der Waals surface area contributed by atoms with Crippen molar-refractivity contribution in [2.75, 3.05) is 0 Å². The number of aryl methyl sites for hydroxylation is 1. The maximum absolute atomic E-state index is 2.36. The first-order valence-corrected chi connectivity index (χ1v) is 5.26. The molecule has 0 heterocycles. The lowest BCUT2D eigenvalue weighted by atomic mass is 9.84. The Morgan fingerprint density at radius 3 is 2.17 bits per heavy atom. The Morgan fingerprint density at radius 2 is 1.75 bits per heavy atom. The molecule has 0 aliphatic rings. The predicted octanol–water partition coefficient (Wildman–Crippen LogP) is 3.90. The molecule has 0 aliphatic carbocycles. The summed E-state index contributed by atoms with van der Waals surface area (Å²) in [5.74, 6) is 0. The van der Waals surface area contributed by atoms with E-state index in [1.165, 1.54) is 14.7 Å². The van der Waals surface area contributed by atoms with Crippen LogP contribution < -0.4 is 0 Å². The molecule has 0 saturated carbocycles. The van der Waals surface area contributed by atoms with Crippen LogP contribution in [0.2, 0.25) is 0 Å². The van der Waals surface area contributed by atoms with E-state index in [2.05, 4.69) is 68.5 Å². The first-order chi connectivity index (χ1) is 5.41. The van der Waals surface area contributed by atoms with Crippen molar-refractivity contribution in [1.82, 2.24) is 0 Å². The van der Waals surface area contributed by atoms with Crippen LogP contribution >= 0.6 is 22.6 Å². The molecule has 0 spiro atoms. The SMILES string of the molecule is Cc1ccc(I)cc1C(C)(C)C. The van der Waals surface area contributed by atoms with Gasteiger partial charge in [0.05, 0.1) is 0 Å². The van der Waals surface area contributed by atoms with E-state index in [1.807, 2.05) is 0 Å². The van der Waals surface area contributed by atoms with Gasteiger partial charge in [-0.3, -0.25) is 0 Å². The molecule has 1 aromatic rings. The van der Waals surface area contributed by atoms with E-state index in [9.17, 15) is 0 Å². The van der Waals surface area contributed by atoms with Crippen molar-refractivity contribution >= 4 is 22.6 Å². The zero-order valence-electron chi connectivity index (χ0n) is 8.11. The average molecular weight is 274 g/mol. The highest BCUT2D eigenvalue weighted by Crippen LogP contribution is 2.26. The second-order valence-corrected chi connectivity index (χ2v) is 5.45. The molecule has 0 bridgehead atoms. The van der Waals surface area contributed by atoms with Gasteiger partial charge in [0, 0.05) is 3.57 Å². The Morgan fingerprint density at radius 1 is 1.17 bits per heavy atom. The van der Waals surface area contributed by atoms with E-state index in [4.69, 9.17) is 0 Å². The molecule has 1 rings (SSSR count). The fourth-order valence-electron chi connectivity index (χ4n) is 1.40. The van der Waals surface area contributed by atoms with Crippen molar-refractivity contribution in [3.05, 3.63) is 32.9 Å². The molecule has 0 atom stereocenters. The zero-order valence-corrected chi connectivity index (χ0v) is 10.3. The number of hydrogen-bond donors (Lipinski definition) is 0. The van der Waals surface area contributed by atoms with Crippen LogP contribution in [0, 0.1) is 10.5 Å². The summed E-state index contributed by atoms with van der Waals surface area (Å²) in [7, 11) is 0. The largest absolute Gasteiger partial charge is 0.0580 e. The summed E-state index contributed by atoms with van der Waals surface area (Å²) in [6, 6.07) is 6.63. The van der Waals surface area contributed by atoms with Gasteiger partial charge in [-0.25, -0.2) is 0 Å². The summed E-state index contributed by atoms with van der Waals surface area (Å²) in [4.78, 5) is 0. The Labute approximate surface area is 88.5 Å². The fourth-order valence-corrected chi connectivity index (χ4v) is 1.89. The van der Waals surface area contributed by atoms with Crippen molar-refractivity contribution in [1.29, 1.82) is 0 Å². The Kier molecular flexibility index (Phi) is 2.81. The average Bonchev–Trinajstić information content (AvgIpc) is 1.92. The Balaban J connectivity index is 3.23. The molecular formula is C11H15I. The quantitative estimate of drug-likeness (QED) is 0.629. The second-order valence-electron chi connectivity index (χ2n) is 4.21. The molecular weight excluding hydrogens is 259 g/mol. The summed E-state index contributed by atoms with van der Waals surface area (Å²) >= 11 is 2.36. The summed E-state index contributed by atoms with van der Waals surface area (Å²) in [6.45, 7) is 8.94. The van der Waals surface area contributed by atoms with Crippen LogP contribution in [0.25, 0.3) is 0 Å². The van der Waals surface area contributed by atoms with Crippen molar-refractivity contribution in [2.24, 2.45) is 0 Å². The third kappa shape index (κ3) is 2.22. The number of benzene rings is 1. The van der Waals surface area contributed by atoms with Crippen LogP contribution in [0.3, 0.4) is 0 Å². The Bertz CT molecular complexity index is 282. The van der Waals surface area contributed by atoms with Crippen molar-refractivity contribution in [2.45, 2.75) is 33.1 Å². The summed E-state index contributed by atoms with van der Waals surface area (Å²) in [5, 5.41) is 0. The van der Waals surface area contributed by atoms with Crippen LogP contribution in [0.15, 0.2) is 18.2 Å². The molecule has 0 nitrogen and oxygen atoms in total. The molecule has 0 unspecified atom stereocenters. The van der Waals surface area contributed by atoms with E-state index in [1.54, 1.807) is 0 Å². The highest BCUT2D eigenvalue weighted by atomic mass is 127. The van der Waals surface area contributed by atoms with Gasteiger partial charge in [0.15, 0.2) is 0 Å². The molecule has 0 radical (unpaired) electrons. The van der Waals surface area contributed by atoms with Crippen LogP contribution in [-0.4, -0.2) is 0 Å². The summed E-state index contributed by atoms with van der Waals surface area (Å²) < 4.78 is 1.32. The minimum absolute atomic E-state index is 0.269. The van der Waals surface area contributed by atoms with Gasteiger partial charge in [-0.15, -0.1) is 0 Å². The molecule has 0 saturated heterocycles. The van der Waals surface area contributed by atoms with E-state index in [0.717, 1.165) is 0 Å². The van der Waals surface area contributed by atoms with Crippen molar-refractivity contribution in [3.8, 4) is 0 Å². The minimum Gasteiger partial charge on any atom is -0.0580 e. The maximum atomic E-state index is 2.36. The highest BCUT2D eigenvalue weighted by molar-refractivity contribution is 14.1. The maximum Gasteiger partial charge on any atom is 0.0133 e. The van der Waals surface area contributed by atoms with Crippen LogP contribution in [0.5, 0.6) is 0 Å². The lowest BCUT2D eigenvalue weighted by Crippen LogP contribution is -2.13. The molecule has 66 valence electrons. The van der Waals surface area contributed by atoms with Gasteiger partial charge < -0.3 is 0 Å². The van der Waals surface area contributed by atoms with Crippen molar-refractivity contribution in [3.63, 3.8) is 0 Å². The van der Waals surface area contributed by atoms with E-state index in [0.29, 0.717) is 0 Å². The van der Waals surface area contributed by atoms with Gasteiger partial charge >= 0.3 is 0 Å². The lowest BCUT2D eigenvalue weighted by Gasteiger charge is -2.21. The third-order valence-corrected chi connectivity index (χ3v) is 2.68. The number of rotatable bonds is 0. The number of hydrogen-bond acceptors (Lipinski definition) is 0. The molecule has 0 N–H and O–H groups in total. The van der Waals surface area contributed by atoms with Crippen LogP contribution in [0.1, 0.15) is 31.9 Å². The number of halogens is 1. The van der Waals surface area contributed by atoms with Crippen molar-refractivity contribution < 1.29 is 0 Å². The third-order valence-electron chi connectivity index (χ3n) is 2.01. The normalized spacial score (nSPS) is 11.8. The minimum atomic E-state index is 0.269. The fraction of sp³-hybridized carbons (Fsp3) is 0.455. The highest BCUT2D eigenvalue weighted by Gasteiger charge is 2.15. The topological polar surface area (TPSA) is 0 Å². The molecule has 0 aromatic heterocycles. The van der Waals surface area contributed by atoms with Gasteiger partial charge in [0.25, 0.3) is 0 Å². The molecule has 1 heteroatoms. The second kappa shape index (κ2) is 3.36. The zero-order chi connectivity index (χ0) is 9.35. The van der Waals surface area contributed by atoms with Crippen LogP contribution in [0.4, 0.5) is 0 Å². The molecule has 0 aliphatic heterocycles. The summed E-state index contributed by atoms with van der Waals surface area (Å²) in [5.41, 5.74) is 3.11. The van der Waals surface area contributed by atoms with E-state index >= 15 is 0 Å². The molecule has 1 aromatic carbocycles. The predicted molar refractivity (Wildman–Crippen MR) is 62.6 cm³/mol. The Hall–Kier alpha value is -0.0500. The first kappa shape index (κ1) is 10.0. The van der Waals surface area contributed by atoms with Gasteiger partial charge in [-0.2, -0.15) is 0 Å². The van der Waals surface area contributed by atoms with Gasteiger partial charge in [-0.1, -0.05) is 26.8 Å². The van der Waals surface area contributed by atoms with E-state index in [-0.39, 0.29) is 5.41 Å². The molecule has 12 heavy (non-hydrogen) atoms. The monoisotopic (exact) mass is 274 g/mol. The smallest absolute Gasteiger partial charge is 0.0133 e. The van der Waals surface area contributed by atoms with Gasteiger partial charge in [0.1, 0.15) is 0 Å². The molecule has 0 amide bonds.